The second-order valence-corrected chi connectivity index (χ2v) is 6.83. The molecular weight excluding hydrogens is 386 g/mol. The maximum absolute atomic E-state index is 12.4. The lowest BCUT2D eigenvalue weighted by atomic mass is 10.1. The van der Waals surface area contributed by atoms with Crippen LogP contribution in [0.4, 0.5) is 11.6 Å². The zero-order chi connectivity index (χ0) is 21.5. The monoisotopic (exact) mass is 413 g/mol. The molecule has 3 rings (SSSR count). The van der Waals surface area contributed by atoms with E-state index in [4.69, 9.17) is 14.2 Å². The molecule has 1 saturated heterocycles. The van der Waals surface area contributed by atoms with Crippen molar-refractivity contribution >= 4 is 23.6 Å². The van der Waals surface area contributed by atoms with E-state index in [1.807, 2.05) is 0 Å². The standard InChI is InChI=1S/C21H27N5O4/c1-25-7-9-26(10-8-25)19-13-18(22-14-23-19)24-20(27)6-5-15-11-16(28-2)21(30-4)17(12-15)29-3/h5-6,11-14H,7-10H2,1-4H3,(H,22,23,24,27)/b6-5+. The molecule has 1 aliphatic heterocycles. The van der Waals surface area contributed by atoms with Gasteiger partial charge < -0.3 is 29.3 Å². The molecule has 30 heavy (non-hydrogen) atoms. The number of carbonyl (C=O) groups excluding carboxylic acids is 1. The van der Waals surface area contributed by atoms with E-state index in [-0.39, 0.29) is 5.91 Å². The van der Waals surface area contributed by atoms with Crippen LogP contribution in [-0.2, 0) is 4.79 Å². The Kier molecular flexibility index (Phi) is 7.08. The van der Waals surface area contributed by atoms with Crippen LogP contribution in [0.3, 0.4) is 0 Å². The Morgan fingerprint density at radius 3 is 2.27 bits per heavy atom. The molecule has 1 aromatic carbocycles. The van der Waals surface area contributed by atoms with Gasteiger partial charge in [0.25, 0.3) is 0 Å². The topological polar surface area (TPSA) is 89.1 Å². The van der Waals surface area contributed by atoms with Crippen molar-refractivity contribution in [3.8, 4) is 17.2 Å². The Morgan fingerprint density at radius 2 is 1.67 bits per heavy atom. The van der Waals surface area contributed by atoms with Gasteiger partial charge >= 0.3 is 0 Å². The average molecular weight is 413 g/mol. The Labute approximate surface area is 176 Å². The van der Waals surface area contributed by atoms with Crippen molar-refractivity contribution in [2.75, 3.05) is 64.8 Å². The second kappa shape index (κ2) is 9.93. The summed E-state index contributed by atoms with van der Waals surface area (Å²) < 4.78 is 16.0. The van der Waals surface area contributed by atoms with Gasteiger partial charge in [0.15, 0.2) is 11.5 Å². The van der Waals surface area contributed by atoms with Crippen molar-refractivity contribution in [2.24, 2.45) is 0 Å². The molecule has 160 valence electrons. The van der Waals surface area contributed by atoms with Crippen LogP contribution in [0.25, 0.3) is 6.08 Å². The van der Waals surface area contributed by atoms with E-state index in [0.29, 0.717) is 23.1 Å². The lowest BCUT2D eigenvalue weighted by Gasteiger charge is -2.33. The molecule has 0 bridgehead atoms. The fourth-order valence-electron chi connectivity index (χ4n) is 3.16. The smallest absolute Gasteiger partial charge is 0.249 e. The van der Waals surface area contributed by atoms with Crippen molar-refractivity contribution in [3.63, 3.8) is 0 Å². The lowest BCUT2D eigenvalue weighted by molar-refractivity contribution is -0.111. The van der Waals surface area contributed by atoms with Gasteiger partial charge in [0.05, 0.1) is 21.3 Å². The molecule has 9 nitrogen and oxygen atoms in total. The zero-order valence-corrected chi connectivity index (χ0v) is 17.7. The van der Waals surface area contributed by atoms with Gasteiger partial charge in [-0.05, 0) is 30.8 Å². The Bertz CT molecular complexity index is 885. The molecule has 1 N–H and O–H groups in total. The zero-order valence-electron chi connectivity index (χ0n) is 17.7. The first-order valence-corrected chi connectivity index (χ1v) is 9.58. The summed E-state index contributed by atoms with van der Waals surface area (Å²) in [6, 6.07) is 5.32. The normalized spacial score (nSPS) is 14.6. The summed E-state index contributed by atoms with van der Waals surface area (Å²) in [6.45, 7) is 3.73. The quantitative estimate of drug-likeness (QED) is 0.689. The number of rotatable bonds is 7. The molecule has 0 unspecified atom stereocenters. The number of piperazine rings is 1. The number of carbonyl (C=O) groups is 1. The summed E-state index contributed by atoms with van der Waals surface area (Å²) in [7, 11) is 6.74. The fourth-order valence-corrected chi connectivity index (χ4v) is 3.16. The molecule has 2 heterocycles. The molecule has 1 aromatic heterocycles. The van der Waals surface area contributed by atoms with Crippen LogP contribution in [0.15, 0.2) is 30.6 Å². The van der Waals surface area contributed by atoms with Gasteiger partial charge in [-0.2, -0.15) is 0 Å². The number of aromatic nitrogens is 2. The Hall–Kier alpha value is -3.33. The summed E-state index contributed by atoms with van der Waals surface area (Å²) >= 11 is 0. The van der Waals surface area contributed by atoms with E-state index >= 15 is 0 Å². The summed E-state index contributed by atoms with van der Waals surface area (Å²) in [4.78, 5) is 25.3. The van der Waals surface area contributed by atoms with Crippen molar-refractivity contribution in [1.82, 2.24) is 14.9 Å². The fraction of sp³-hybridized carbons (Fsp3) is 0.381. The van der Waals surface area contributed by atoms with Crippen molar-refractivity contribution < 1.29 is 19.0 Å². The number of anilines is 2. The highest BCUT2D eigenvalue weighted by molar-refractivity contribution is 6.01. The Balaban J connectivity index is 1.68. The molecular formula is C21H27N5O4. The first-order chi connectivity index (χ1) is 14.5. The van der Waals surface area contributed by atoms with E-state index in [2.05, 4.69) is 32.1 Å². The van der Waals surface area contributed by atoms with Gasteiger partial charge in [-0.1, -0.05) is 0 Å². The third kappa shape index (κ3) is 5.18. The summed E-state index contributed by atoms with van der Waals surface area (Å²) in [5.41, 5.74) is 0.737. The predicted octanol–water partition coefficient (Wildman–Crippen LogP) is 1.91. The SMILES string of the molecule is COc1cc(/C=C/C(=O)Nc2cc(N3CCN(C)CC3)ncn2)cc(OC)c1OC. The summed E-state index contributed by atoms with van der Waals surface area (Å²) in [5.74, 6) is 2.50. The number of amides is 1. The predicted molar refractivity (Wildman–Crippen MR) is 116 cm³/mol. The van der Waals surface area contributed by atoms with E-state index < -0.39 is 0 Å². The average Bonchev–Trinajstić information content (AvgIpc) is 2.77. The number of likely N-dealkylation sites (N-methyl/N-ethyl adjacent to an activating group) is 1. The highest BCUT2D eigenvalue weighted by atomic mass is 16.5. The summed E-state index contributed by atoms with van der Waals surface area (Å²) in [6.07, 6.45) is 4.56. The maximum atomic E-state index is 12.4. The third-order valence-electron chi connectivity index (χ3n) is 4.85. The van der Waals surface area contributed by atoms with Gasteiger partial charge in [-0.25, -0.2) is 9.97 Å². The van der Waals surface area contributed by atoms with E-state index in [1.165, 1.54) is 12.4 Å². The van der Waals surface area contributed by atoms with Crippen LogP contribution in [-0.4, -0.2) is 75.3 Å². The van der Waals surface area contributed by atoms with Crippen LogP contribution >= 0.6 is 0 Å². The molecule has 9 heteroatoms. The maximum Gasteiger partial charge on any atom is 0.249 e. The lowest BCUT2D eigenvalue weighted by Crippen LogP contribution is -2.44. The van der Waals surface area contributed by atoms with Crippen molar-refractivity contribution in [2.45, 2.75) is 0 Å². The first-order valence-electron chi connectivity index (χ1n) is 9.58. The third-order valence-corrected chi connectivity index (χ3v) is 4.85. The number of hydrogen-bond acceptors (Lipinski definition) is 8. The van der Waals surface area contributed by atoms with Gasteiger partial charge in [-0.3, -0.25) is 4.79 Å². The van der Waals surface area contributed by atoms with Crippen LogP contribution in [0.1, 0.15) is 5.56 Å². The number of benzene rings is 1. The van der Waals surface area contributed by atoms with Crippen LogP contribution < -0.4 is 24.4 Å². The van der Waals surface area contributed by atoms with Crippen LogP contribution in [0, 0.1) is 0 Å². The summed E-state index contributed by atoms with van der Waals surface area (Å²) in [5, 5.41) is 2.78. The molecule has 1 aliphatic rings. The first kappa shape index (κ1) is 21.4. The minimum atomic E-state index is -0.299. The van der Waals surface area contributed by atoms with Gasteiger partial charge in [0.2, 0.25) is 11.7 Å². The van der Waals surface area contributed by atoms with Crippen molar-refractivity contribution in [1.29, 1.82) is 0 Å². The van der Waals surface area contributed by atoms with Gasteiger partial charge in [-0.15, -0.1) is 0 Å². The number of nitrogens with one attached hydrogen (secondary N) is 1. The largest absolute Gasteiger partial charge is 0.493 e. The molecule has 0 saturated carbocycles. The van der Waals surface area contributed by atoms with Gasteiger partial charge in [0, 0.05) is 38.3 Å². The minimum absolute atomic E-state index is 0.299. The molecule has 1 amide bonds. The molecule has 2 aromatic rings. The highest BCUT2D eigenvalue weighted by Crippen LogP contribution is 2.38. The van der Waals surface area contributed by atoms with E-state index in [0.717, 1.165) is 37.6 Å². The van der Waals surface area contributed by atoms with Crippen LogP contribution in [0.5, 0.6) is 17.2 Å². The van der Waals surface area contributed by atoms with Crippen LogP contribution in [0.2, 0.25) is 0 Å². The molecule has 0 radical (unpaired) electrons. The number of ether oxygens (including phenoxy) is 3. The Morgan fingerprint density at radius 1 is 1.00 bits per heavy atom. The highest BCUT2D eigenvalue weighted by Gasteiger charge is 2.16. The number of methoxy groups -OCH3 is 3. The van der Waals surface area contributed by atoms with E-state index in [9.17, 15) is 4.79 Å². The molecule has 0 spiro atoms. The molecule has 0 atom stereocenters. The van der Waals surface area contributed by atoms with Crippen molar-refractivity contribution in [3.05, 3.63) is 36.2 Å². The number of hydrogen-bond donors (Lipinski definition) is 1. The number of nitrogens with zero attached hydrogens (tertiary/aromatic N) is 4. The minimum Gasteiger partial charge on any atom is -0.493 e. The molecule has 0 aliphatic carbocycles. The van der Waals surface area contributed by atoms with Gasteiger partial charge in [0.1, 0.15) is 18.0 Å². The second-order valence-electron chi connectivity index (χ2n) is 6.83. The van der Waals surface area contributed by atoms with E-state index in [1.54, 1.807) is 45.6 Å². The molecule has 1 fully saturated rings.